The van der Waals surface area contributed by atoms with Gasteiger partial charge >= 0.3 is 5.97 Å². The van der Waals surface area contributed by atoms with Crippen molar-refractivity contribution in [3.05, 3.63) is 11.8 Å². The average molecular weight is 284 g/mol. The van der Waals surface area contributed by atoms with E-state index in [9.17, 15) is 9.59 Å². The number of carbonyl (C=O) groups excluding carboxylic acids is 1. The molecule has 0 aliphatic heterocycles. The van der Waals surface area contributed by atoms with Crippen LogP contribution in [0.4, 0.5) is 5.82 Å². The fourth-order valence-corrected chi connectivity index (χ4v) is 2.02. The SMILES string of the molecule is Cc1cc(N)nc(SCC(=O)NCCCC(=O)O)n1. The Labute approximate surface area is 115 Å². The molecule has 0 bridgehead atoms. The standard InChI is InChI=1S/C11H16N4O3S/c1-7-5-8(12)15-11(14-7)19-6-9(16)13-4-2-3-10(17)18/h5H,2-4,6H2,1H3,(H,13,16)(H,17,18)(H2,12,14,15). The van der Waals surface area contributed by atoms with Gasteiger partial charge in [0.15, 0.2) is 5.16 Å². The Hall–Kier alpha value is -1.83. The summed E-state index contributed by atoms with van der Waals surface area (Å²) in [6.45, 7) is 2.15. The Morgan fingerprint density at radius 1 is 1.47 bits per heavy atom. The lowest BCUT2D eigenvalue weighted by Crippen LogP contribution is -2.26. The predicted molar refractivity (Wildman–Crippen MR) is 71.8 cm³/mol. The first-order valence-corrected chi connectivity index (χ1v) is 6.68. The molecule has 0 radical (unpaired) electrons. The van der Waals surface area contributed by atoms with Crippen LogP contribution < -0.4 is 11.1 Å². The normalized spacial score (nSPS) is 10.2. The first-order valence-electron chi connectivity index (χ1n) is 5.70. The summed E-state index contributed by atoms with van der Waals surface area (Å²) in [5.41, 5.74) is 6.32. The monoisotopic (exact) mass is 284 g/mol. The highest BCUT2D eigenvalue weighted by molar-refractivity contribution is 7.99. The smallest absolute Gasteiger partial charge is 0.303 e. The summed E-state index contributed by atoms with van der Waals surface area (Å²) >= 11 is 1.19. The molecular weight excluding hydrogens is 268 g/mol. The topological polar surface area (TPSA) is 118 Å². The number of carbonyl (C=O) groups is 2. The van der Waals surface area contributed by atoms with Crippen molar-refractivity contribution in [3.8, 4) is 0 Å². The van der Waals surface area contributed by atoms with E-state index in [0.717, 1.165) is 5.69 Å². The second-order valence-electron chi connectivity index (χ2n) is 3.85. The average Bonchev–Trinajstić information content (AvgIpc) is 2.31. The number of nitrogens with zero attached hydrogens (tertiary/aromatic N) is 2. The summed E-state index contributed by atoms with van der Waals surface area (Å²) in [5.74, 6) is -0.501. The van der Waals surface area contributed by atoms with Gasteiger partial charge in [0.25, 0.3) is 0 Å². The van der Waals surface area contributed by atoms with Crippen LogP contribution in [0.2, 0.25) is 0 Å². The molecule has 0 spiro atoms. The molecule has 0 aliphatic rings. The third-order valence-electron chi connectivity index (χ3n) is 2.08. The molecule has 0 atom stereocenters. The fraction of sp³-hybridized carbons (Fsp3) is 0.455. The van der Waals surface area contributed by atoms with E-state index in [2.05, 4.69) is 15.3 Å². The lowest BCUT2D eigenvalue weighted by molar-refractivity contribution is -0.137. The molecule has 0 aliphatic carbocycles. The van der Waals surface area contributed by atoms with Crippen LogP contribution in [0.5, 0.6) is 0 Å². The van der Waals surface area contributed by atoms with Crippen molar-refractivity contribution in [2.75, 3.05) is 18.0 Å². The number of rotatable bonds is 7. The maximum Gasteiger partial charge on any atom is 0.303 e. The molecule has 4 N–H and O–H groups in total. The lowest BCUT2D eigenvalue weighted by atomic mass is 10.3. The molecular formula is C11H16N4O3S. The van der Waals surface area contributed by atoms with Crippen LogP contribution >= 0.6 is 11.8 Å². The van der Waals surface area contributed by atoms with Gasteiger partial charge in [0.05, 0.1) is 5.75 Å². The second-order valence-corrected chi connectivity index (χ2v) is 4.80. The minimum absolute atomic E-state index is 0.0466. The van der Waals surface area contributed by atoms with Crippen molar-refractivity contribution in [2.45, 2.75) is 24.9 Å². The molecule has 0 saturated carbocycles. The number of hydrogen-bond acceptors (Lipinski definition) is 6. The van der Waals surface area contributed by atoms with E-state index >= 15 is 0 Å². The van der Waals surface area contributed by atoms with Gasteiger partial charge in [-0.15, -0.1) is 0 Å². The molecule has 0 saturated heterocycles. The summed E-state index contributed by atoms with van der Waals surface area (Å²) in [6, 6.07) is 1.65. The maximum atomic E-state index is 11.5. The van der Waals surface area contributed by atoms with Crippen LogP contribution in [0, 0.1) is 6.92 Å². The minimum Gasteiger partial charge on any atom is -0.481 e. The van der Waals surface area contributed by atoms with Gasteiger partial charge in [-0.05, 0) is 13.3 Å². The molecule has 1 aromatic rings. The summed E-state index contributed by atoms with van der Waals surface area (Å²) in [6.07, 6.45) is 0.463. The summed E-state index contributed by atoms with van der Waals surface area (Å²) in [7, 11) is 0. The summed E-state index contributed by atoms with van der Waals surface area (Å²) in [5, 5.41) is 11.5. The van der Waals surface area contributed by atoms with Gasteiger partial charge in [-0.2, -0.15) is 0 Å². The number of thioether (sulfide) groups is 1. The number of nitrogens with one attached hydrogen (secondary N) is 1. The Morgan fingerprint density at radius 2 is 2.21 bits per heavy atom. The van der Waals surface area contributed by atoms with Gasteiger partial charge in [-0.1, -0.05) is 11.8 Å². The number of aromatic nitrogens is 2. The van der Waals surface area contributed by atoms with Crippen LogP contribution in [0.25, 0.3) is 0 Å². The van der Waals surface area contributed by atoms with E-state index in [1.807, 2.05) is 0 Å². The van der Waals surface area contributed by atoms with Crippen molar-refractivity contribution >= 4 is 29.5 Å². The van der Waals surface area contributed by atoms with E-state index in [-0.39, 0.29) is 18.1 Å². The zero-order valence-electron chi connectivity index (χ0n) is 10.5. The molecule has 19 heavy (non-hydrogen) atoms. The van der Waals surface area contributed by atoms with Crippen LogP contribution in [0.1, 0.15) is 18.5 Å². The molecule has 0 aromatic carbocycles. The highest BCUT2D eigenvalue weighted by Gasteiger charge is 2.06. The largest absolute Gasteiger partial charge is 0.481 e. The highest BCUT2D eigenvalue weighted by atomic mass is 32.2. The van der Waals surface area contributed by atoms with E-state index in [1.165, 1.54) is 11.8 Å². The Kier molecular flexibility index (Phi) is 6.07. The Morgan fingerprint density at radius 3 is 2.84 bits per heavy atom. The Balaban J connectivity index is 2.28. The van der Waals surface area contributed by atoms with Gasteiger partial charge in [-0.3, -0.25) is 9.59 Å². The van der Waals surface area contributed by atoms with Gasteiger partial charge < -0.3 is 16.2 Å². The number of amides is 1. The molecule has 0 fully saturated rings. The zero-order valence-corrected chi connectivity index (χ0v) is 11.4. The molecule has 0 unspecified atom stereocenters. The van der Waals surface area contributed by atoms with Crippen LogP contribution in [-0.2, 0) is 9.59 Å². The van der Waals surface area contributed by atoms with E-state index in [4.69, 9.17) is 10.8 Å². The van der Waals surface area contributed by atoms with Crippen LogP contribution in [0.3, 0.4) is 0 Å². The second kappa shape index (κ2) is 7.57. The number of nitrogens with two attached hydrogens (primary N) is 1. The first kappa shape index (κ1) is 15.2. The minimum atomic E-state index is -0.868. The van der Waals surface area contributed by atoms with Crippen molar-refractivity contribution in [1.29, 1.82) is 0 Å². The molecule has 1 aromatic heterocycles. The summed E-state index contributed by atoms with van der Waals surface area (Å²) in [4.78, 5) is 29.9. The first-order chi connectivity index (χ1) is 8.97. The van der Waals surface area contributed by atoms with E-state index in [1.54, 1.807) is 13.0 Å². The Bertz CT molecular complexity index is 447. The number of nitrogen functional groups attached to an aromatic ring is 1. The van der Waals surface area contributed by atoms with Crippen molar-refractivity contribution in [1.82, 2.24) is 15.3 Å². The summed E-state index contributed by atoms with van der Waals surface area (Å²) < 4.78 is 0. The van der Waals surface area contributed by atoms with Crippen molar-refractivity contribution < 1.29 is 14.7 Å². The number of hydrogen-bond donors (Lipinski definition) is 3. The zero-order chi connectivity index (χ0) is 14.3. The molecule has 1 rings (SSSR count). The number of aliphatic carboxylic acids is 1. The van der Waals surface area contributed by atoms with Gasteiger partial charge in [0.1, 0.15) is 5.82 Å². The molecule has 1 amide bonds. The third-order valence-corrected chi connectivity index (χ3v) is 2.92. The molecule has 7 nitrogen and oxygen atoms in total. The van der Waals surface area contributed by atoms with E-state index < -0.39 is 5.97 Å². The van der Waals surface area contributed by atoms with E-state index in [0.29, 0.717) is 23.9 Å². The number of anilines is 1. The molecule has 8 heteroatoms. The van der Waals surface area contributed by atoms with Gasteiger partial charge in [0.2, 0.25) is 5.91 Å². The predicted octanol–water partition coefficient (Wildman–Crippen LogP) is 0.440. The molecule has 104 valence electrons. The van der Waals surface area contributed by atoms with Crippen LogP contribution in [-0.4, -0.2) is 39.2 Å². The fourth-order valence-electron chi connectivity index (χ4n) is 1.28. The number of carboxylic acids is 1. The quantitative estimate of drug-likeness (QED) is 0.377. The van der Waals surface area contributed by atoms with Crippen molar-refractivity contribution in [2.24, 2.45) is 0 Å². The van der Waals surface area contributed by atoms with Crippen LogP contribution in [0.15, 0.2) is 11.2 Å². The molecule has 1 heterocycles. The van der Waals surface area contributed by atoms with Crippen molar-refractivity contribution in [3.63, 3.8) is 0 Å². The lowest BCUT2D eigenvalue weighted by Gasteiger charge is -2.04. The number of carboxylic acid groups (broad SMARTS) is 1. The highest BCUT2D eigenvalue weighted by Crippen LogP contribution is 2.14. The van der Waals surface area contributed by atoms with Gasteiger partial charge in [-0.25, -0.2) is 9.97 Å². The number of aryl methyl sites for hydroxylation is 1. The third kappa shape index (κ3) is 6.61. The maximum absolute atomic E-state index is 11.5. The van der Waals surface area contributed by atoms with Gasteiger partial charge in [0, 0.05) is 24.7 Å².